The van der Waals surface area contributed by atoms with Crippen molar-refractivity contribution >= 4 is 17.7 Å². The number of rotatable bonds is 7. The standard InChI is InChI=1S/C16H17N3O2S/c1-3-9-17-14(20)11-22-16-19-18-15(21-16)10-12(2)13-7-5-4-6-8-13/h1,4-8,12H,9-11H2,2H3,(H,17,20). The van der Waals surface area contributed by atoms with Crippen molar-refractivity contribution in [1.29, 1.82) is 0 Å². The fourth-order valence-corrected chi connectivity index (χ4v) is 2.48. The molecule has 1 heterocycles. The maximum absolute atomic E-state index is 11.4. The zero-order valence-electron chi connectivity index (χ0n) is 12.3. The van der Waals surface area contributed by atoms with Gasteiger partial charge in [0.15, 0.2) is 0 Å². The van der Waals surface area contributed by atoms with Crippen LogP contribution in [0.15, 0.2) is 40.0 Å². The third-order valence-electron chi connectivity index (χ3n) is 3.01. The van der Waals surface area contributed by atoms with Gasteiger partial charge in [0.25, 0.3) is 5.22 Å². The van der Waals surface area contributed by atoms with E-state index < -0.39 is 0 Å². The third kappa shape index (κ3) is 4.93. The first kappa shape index (κ1) is 16.1. The predicted molar refractivity (Wildman–Crippen MR) is 85.4 cm³/mol. The molecule has 1 atom stereocenters. The SMILES string of the molecule is C#CCNC(=O)CSc1nnc(CC(C)c2ccccc2)o1. The average Bonchev–Trinajstić information content (AvgIpc) is 2.99. The van der Waals surface area contributed by atoms with Crippen LogP contribution in [0.3, 0.4) is 0 Å². The normalized spacial score (nSPS) is 11.6. The summed E-state index contributed by atoms with van der Waals surface area (Å²) in [4.78, 5) is 11.4. The minimum Gasteiger partial charge on any atom is -0.416 e. The third-order valence-corrected chi connectivity index (χ3v) is 3.83. The molecule has 0 radical (unpaired) electrons. The van der Waals surface area contributed by atoms with Gasteiger partial charge in [0.1, 0.15) is 0 Å². The van der Waals surface area contributed by atoms with Crippen LogP contribution in [0.2, 0.25) is 0 Å². The van der Waals surface area contributed by atoms with E-state index in [4.69, 9.17) is 10.8 Å². The smallest absolute Gasteiger partial charge is 0.277 e. The van der Waals surface area contributed by atoms with Gasteiger partial charge in [-0.25, -0.2) is 0 Å². The number of hydrogen-bond donors (Lipinski definition) is 1. The minimum absolute atomic E-state index is 0.152. The van der Waals surface area contributed by atoms with E-state index >= 15 is 0 Å². The molecular formula is C16H17N3O2S. The first-order valence-corrected chi connectivity index (χ1v) is 7.88. The summed E-state index contributed by atoms with van der Waals surface area (Å²) < 4.78 is 5.55. The fourth-order valence-electron chi connectivity index (χ4n) is 1.87. The number of aromatic nitrogens is 2. The molecular weight excluding hydrogens is 298 g/mol. The van der Waals surface area contributed by atoms with Crippen molar-refractivity contribution in [3.8, 4) is 12.3 Å². The van der Waals surface area contributed by atoms with Crippen molar-refractivity contribution in [2.75, 3.05) is 12.3 Å². The summed E-state index contributed by atoms with van der Waals surface area (Å²) in [5.41, 5.74) is 1.23. The zero-order valence-corrected chi connectivity index (χ0v) is 13.1. The molecule has 22 heavy (non-hydrogen) atoms. The van der Waals surface area contributed by atoms with Crippen molar-refractivity contribution < 1.29 is 9.21 Å². The summed E-state index contributed by atoms with van der Waals surface area (Å²) in [6.07, 6.45) is 5.74. The average molecular weight is 315 g/mol. The molecule has 1 amide bonds. The molecule has 114 valence electrons. The van der Waals surface area contributed by atoms with Gasteiger partial charge in [0, 0.05) is 6.42 Å². The van der Waals surface area contributed by atoms with E-state index in [2.05, 4.69) is 40.5 Å². The van der Waals surface area contributed by atoms with Crippen LogP contribution in [-0.4, -0.2) is 28.4 Å². The van der Waals surface area contributed by atoms with Crippen molar-refractivity contribution in [3.63, 3.8) is 0 Å². The number of benzene rings is 1. The number of carbonyl (C=O) groups is 1. The van der Waals surface area contributed by atoms with E-state index in [1.807, 2.05) is 18.2 Å². The Bertz CT molecular complexity index is 649. The second-order valence-electron chi connectivity index (χ2n) is 4.75. The number of carbonyl (C=O) groups excluding carboxylic acids is 1. The van der Waals surface area contributed by atoms with Crippen LogP contribution in [0.25, 0.3) is 0 Å². The highest BCUT2D eigenvalue weighted by Crippen LogP contribution is 2.22. The zero-order chi connectivity index (χ0) is 15.8. The second-order valence-corrected chi connectivity index (χ2v) is 5.67. The summed E-state index contributed by atoms with van der Waals surface area (Å²) in [6, 6.07) is 10.2. The largest absolute Gasteiger partial charge is 0.416 e. The second kappa shape index (κ2) is 8.25. The number of thioether (sulfide) groups is 1. The molecule has 0 saturated heterocycles. The number of terminal acetylenes is 1. The summed E-state index contributed by atoms with van der Waals surface area (Å²) in [5, 5.41) is 10.9. The summed E-state index contributed by atoms with van der Waals surface area (Å²) >= 11 is 1.20. The van der Waals surface area contributed by atoms with Crippen molar-refractivity contribution in [2.24, 2.45) is 0 Å². The van der Waals surface area contributed by atoms with Gasteiger partial charge < -0.3 is 9.73 Å². The first-order chi connectivity index (χ1) is 10.7. The van der Waals surface area contributed by atoms with Crippen LogP contribution in [0.1, 0.15) is 24.3 Å². The maximum Gasteiger partial charge on any atom is 0.277 e. The van der Waals surface area contributed by atoms with Gasteiger partial charge in [-0.2, -0.15) is 0 Å². The van der Waals surface area contributed by atoms with Crippen LogP contribution >= 0.6 is 11.8 Å². The van der Waals surface area contributed by atoms with E-state index in [0.29, 0.717) is 23.5 Å². The Kier molecular flexibility index (Phi) is 6.04. The summed E-state index contributed by atoms with van der Waals surface area (Å²) in [6.45, 7) is 2.34. The molecule has 2 rings (SSSR count). The predicted octanol–water partition coefficient (Wildman–Crippen LogP) is 2.26. The van der Waals surface area contributed by atoms with Crippen LogP contribution in [0.4, 0.5) is 0 Å². The topological polar surface area (TPSA) is 68.0 Å². The van der Waals surface area contributed by atoms with Gasteiger partial charge in [-0.15, -0.1) is 16.6 Å². The van der Waals surface area contributed by atoms with Crippen LogP contribution in [0.5, 0.6) is 0 Å². The van der Waals surface area contributed by atoms with Gasteiger partial charge in [-0.1, -0.05) is 54.9 Å². The van der Waals surface area contributed by atoms with Crippen molar-refractivity contribution in [2.45, 2.75) is 24.5 Å². The van der Waals surface area contributed by atoms with Gasteiger partial charge in [-0.05, 0) is 11.5 Å². The fraction of sp³-hybridized carbons (Fsp3) is 0.312. The quantitative estimate of drug-likeness (QED) is 0.627. The monoisotopic (exact) mass is 315 g/mol. The molecule has 0 aliphatic rings. The summed E-state index contributed by atoms with van der Waals surface area (Å²) in [5.74, 6) is 3.26. The number of nitrogens with zero attached hydrogens (tertiary/aromatic N) is 2. The molecule has 0 bridgehead atoms. The molecule has 0 spiro atoms. The Morgan fingerprint density at radius 2 is 2.18 bits per heavy atom. The number of amides is 1. The van der Waals surface area contributed by atoms with Gasteiger partial charge in [0.05, 0.1) is 12.3 Å². The highest BCUT2D eigenvalue weighted by Gasteiger charge is 2.13. The lowest BCUT2D eigenvalue weighted by atomic mass is 9.98. The van der Waals surface area contributed by atoms with E-state index in [1.165, 1.54) is 17.3 Å². The molecule has 0 aliphatic carbocycles. The van der Waals surface area contributed by atoms with E-state index in [0.717, 1.165) is 0 Å². The van der Waals surface area contributed by atoms with Crippen molar-refractivity contribution in [3.05, 3.63) is 41.8 Å². The molecule has 1 unspecified atom stereocenters. The molecule has 1 aromatic carbocycles. The Morgan fingerprint density at radius 3 is 2.91 bits per heavy atom. The van der Waals surface area contributed by atoms with Crippen LogP contribution in [0, 0.1) is 12.3 Å². The first-order valence-electron chi connectivity index (χ1n) is 6.89. The number of hydrogen-bond acceptors (Lipinski definition) is 5. The lowest BCUT2D eigenvalue weighted by Crippen LogP contribution is -2.25. The molecule has 2 aromatic rings. The molecule has 5 nitrogen and oxygen atoms in total. The molecule has 1 aromatic heterocycles. The maximum atomic E-state index is 11.4. The Balaban J connectivity index is 1.84. The van der Waals surface area contributed by atoms with Crippen molar-refractivity contribution in [1.82, 2.24) is 15.5 Å². The Labute approximate surface area is 133 Å². The molecule has 0 fully saturated rings. The lowest BCUT2D eigenvalue weighted by Gasteiger charge is -2.08. The highest BCUT2D eigenvalue weighted by molar-refractivity contribution is 7.99. The molecule has 0 saturated carbocycles. The molecule has 1 N–H and O–H groups in total. The molecule has 0 aliphatic heterocycles. The van der Waals surface area contributed by atoms with E-state index in [1.54, 1.807) is 0 Å². The van der Waals surface area contributed by atoms with Gasteiger partial charge >= 0.3 is 0 Å². The molecule has 6 heteroatoms. The highest BCUT2D eigenvalue weighted by atomic mass is 32.2. The van der Waals surface area contributed by atoms with Crippen LogP contribution < -0.4 is 5.32 Å². The summed E-state index contributed by atoms with van der Waals surface area (Å²) in [7, 11) is 0. The lowest BCUT2D eigenvalue weighted by molar-refractivity contribution is -0.118. The van der Waals surface area contributed by atoms with Gasteiger partial charge in [0.2, 0.25) is 11.8 Å². The van der Waals surface area contributed by atoms with E-state index in [9.17, 15) is 4.79 Å². The van der Waals surface area contributed by atoms with Gasteiger partial charge in [-0.3, -0.25) is 4.79 Å². The minimum atomic E-state index is -0.152. The Morgan fingerprint density at radius 1 is 1.41 bits per heavy atom. The van der Waals surface area contributed by atoms with E-state index in [-0.39, 0.29) is 18.2 Å². The number of nitrogens with one attached hydrogen (secondary N) is 1. The van der Waals surface area contributed by atoms with Crippen LogP contribution in [-0.2, 0) is 11.2 Å². The Hall–Kier alpha value is -2.26.